The highest BCUT2D eigenvalue weighted by atomic mass is 32.1. The van der Waals surface area contributed by atoms with E-state index in [0.717, 1.165) is 30.1 Å². The van der Waals surface area contributed by atoms with E-state index in [0.29, 0.717) is 0 Å². The number of thiazole rings is 1. The molecule has 1 amide bonds. The van der Waals surface area contributed by atoms with Gasteiger partial charge in [-0.1, -0.05) is 0 Å². The molecule has 1 aromatic rings. The van der Waals surface area contributed by atoms with Crippen molar-refractivity contribution >= 4 is 17.2 Å². The van der Waals surface area contributed by atoms with Crippen LogP contribution in [0.1, 0.15) is 21.8 Å². The summed E-state index contributed by atoms with van der Waals surface area (Å²) in [6.07, 6.45) is 0.969. The van der Waals surface area contributed by atoms with Crippen LogP contribution < -0.4 is 5.32 Å². The molecule has 0 bridgehead atoms. The van der Waals surface area contributed by atoms with Crippen LogP contribution in [0, 0.1) is 6.92 Å². The average molecular weight is 227 g/mol. The Labute approximate surface area is 94.3 Å². The molecule has 1 rings (SSSR count). The molecule has 0 saturated heterocycles. The van der Waals surface area contributed by atoms with Gasteiger partial charge in [-0.3, -0.25) is 4.79 Å². The number of rotatable bonds is 5. The van der Waals surface area contributed by atoms with E-state index in [9.17, 15) is 4.79 Å². The number of aryl methyl sites for hydroxylation is 1. The molecule has 1 aromatic heterocycles. The van der Waals surface area contributed by atoms with Crippen LogP contribution in [0.5, 0.6) is 0 Å². The van der Waals surface area contributed by atoms with E-state index in [-0.39, 0.29) is 5.91 Å². The Kier molecular flexibility index (Phi) is 4.71. The second-order valence-electron chi connectivity index (χ2n) is 3.45. The number of carbonyl (C=O) groups excluding carboxylic acids is 1. The van der Waals surface area contributed by atoms with Crippen molar-refractivity contribution < 1.29 is 4.79 Å². The maximum absolute atomic E-state index is 11.9. The monoisotopic (exact) mass is 227 g/mol. The third kappa shape index (κ3) is 3.28. The molecule has 0 aliphatic rings. The molecule has 0 atom stereocenters. The van der Waals surface area contributed by atoms with E-state index in [1.807, 2.05) is 21.0 Å². The fourth-order valence-corrected chi connectivity index (χ4v) is 2.07. The molecule has 15 heavy (non-hydrogen) atoms. The number of amides is 1. The van der Waals surface area contributed by atoms with Gasteiger partial charge in [0.1, 0.15) is 4.88 Å². The Morgan fingerprint density at radius 3 is 2.93 bits per heavy atom. The lowest BCUT2D eigenvalue weighted by Crippen LogP contribution is -2.29. The highest BCUT2D eigenvalue weighted by molar-refractivity contribution is 7.11. The van der Waals surface area contributed by atoms with E-state index >= 15 is 0 Å². The van der Waals surface area contributed by atoms with Crippen LogP contribution in [0.4, 0.5) is 0 Å². The summed E-state index contributed by atoms with van der Waals surface area (Å²) >= 11 is 1.41. The average Bonchev–Trinajstić information content (AvgIpc) is 2.63. The van der Waals surface area contributed by atoms with Crippen LogP contribution in [0.2, 0.25) is 0 Å². The van der Waals surface area contributed by atoms with Crippen molar-refractivity contribution in [1.82, 2.24) is 15.2 Å². The molecule has 0 radical (unpaired) electrons. The molecular formula is C10H17N3OS. The van der Waals surface area contributed by atoms with Gasteiger partial charge in [-0.05, 0) is 26.9 Å². The third-order valence-electron chi connectivity index (χ3n) is 2.21. The number of nitrogens with zero attached hydrogens (tertiary/aromatic N) is 2. The van der Waals surface area contributed by atoms with Crippen molar-refractivity contribution in [2.24, 2.45) is 0 Å². The van der Waals surface area contributed by atoms with Crippen LogP contribution in [0.15, 0.2) is 5.51 Å². The molecule has 0 aliphatic carbocycles. The Balaban J connectivity index is 2.50. The predicted octanol–water partition coefficient (Wildman–Crippen LogP) is 1.13. The first-order valence-corrected chi connectivity index (χ1v) is 5.85. The van der Waals surface area contributed by atoms with Crippen LogP contribution in [0.25, 0.3) is 0 Å². The minimum absolute atomic E-state index is 0.0751. The summed E-state index contributed by atoms with van der Waals surface area (Å²) in [7, 11) is 3.74. The maximum Gasteiger partial charge on any atom is 0.265 e. The second kappa shape index (κ2) is 5.82. The van der Waals surface area contributed by atoms with Gasteiger partial charge in [0.25, 0.3) is 5.91 Å². The van der Waals surface area contributed by atoms with Crippen molar-refractivity contribution in [1.29, 1.82) is 0 Å². The van der Waals surface area contributed by atoms with E-state index in [1.54, 1.807) is 10.4 Å². The van der Waals surface area contributed by atoms with Gasteiger partial charge in [0.2, 0.25) is 0 Å². The van der Waals surface area contributed by atoms with Gasteiger partial charge in [0, 0.05) is 13.6 Å². The van der Waals surface area contributed by atoms with Gasteiger partial charge in [0.15, 0.2) is 0 Å². The number of hydrogen-bond acceptors (Lipinski definition) is 4. The van der Waals surface area contributed by atoms with Crippen molar-refractivity contribution in [3.05, 3.63) is 16.1 Å². The Morgan fingerprint density at radius 2 is 2.40 bits per heavy atom. The maximum atomic E-state index is 11.9. The third-order valence-corrected chi connectivity index (χ3v) is 3.12. The Morgan fingerprint density at radius 1 is 1.67 bits per heavy atom. The summed E-state index contributed by atoms with van der Waals surface area (Å²) in [6.45, 7) is 3.57. The quantitative estimate of drug-likeness (QED) is 0.767. The van der Waals surface area contributed by atoms with Gasteiger partial charge in [-0.25, -0.2) is 4.98 Å². The van der Waals surface area contributed by atoms with Gasteiger partial charge in [0.05, 0.1) is 11.2 Å². The number of hydrogen-bond donors (Lipinski definition) is 1. The van der Waals surface area contributed by atoms with Crippen molar-refractivity contribution in [3.8, 4) is 0 Å². The first-order chi connectivity index (χ1) is 7.16. The highest BCUT2D eigenvalue weighted by Crippen LogP contribution is 2.14. The largest absolute Gasteiger partial charge is 0.341 e. The normalized spacial score (nSPS) is 10.3. The molecule has 0 aromatic carbocycles. The fourth-order valence-electron chi connectivity index (χ4n) is 1.28. The zero-order valence-corrected chi connectivity index (χ0v) is 10.2. The van der Waals surface area contributed by atoms with Gasteiger partial charge in [-0.15, -0.1) is 11.3 Å². The van der Waals surface area contributed by atoms with Crippen LogP contribution >= 0.6 is 11.3 Å². The minimum atomic E-state index is 0.0751. The molecule has 4 nitrogen and oxygen atoms in total. The summed E-state index contributed by atoms with van der Waals surface area (Å²) in [5.74, 6) is 0.0751. The minimum Gasteiger partial charge on any atom is -0.341 e. The van der Waals surface area contributed by atoms with Crippen LogP contribution in [-0.2, 0) is 0 Å². The van der Waals surface area contributed by atoms with E-state index in [4.69, 9.17) is 0 Å². The van der Waals surface area contributed by atoms with E-state index in [1.165, 1.54) is 11.3 Å². The van der Waals surface area contributed by atoms with Gasteiger partial charge < -0.3 is 10.2 Å². The van der Waals surface area contributed by atoms with E-state index < -0.39 is 0 Å². The summed E-state index contributed by atoms with van der Waals surface area (Å²) < 4.78 is 0. The molecule has 1 heterocycles. The molecule has 0 spiro atoms. The SMILES string of the molecule is CNCCCN(C)C(=O)c1scnc1C. The standard InChI is InChI=1S/C10H17N3OS/c1-8-9(15-7-12-8)10(14)13(3)6-4-5-11-2/h7,11H,4-6H2,1-3H3. The number of nitrogens with one attached hydrogen (secondary N) is 1. The predicted molar refractivity (Wildman–Crippen MR) is 62.4 cm³/mol. The molecule has 0 aliphatic heterocycles. The molecule has 1 N–H and O–H groups in total. The smallest absolute Gasteiger partial charge is 0.265 e. The topological polar surface area (TPSA) is 45.2 Å². The lowest BCUT2D eigenvalue weighted by atomic mass is 10.3. The lowest BCUT2D eigenvalue weighted by molar-refractivity contribution is 0.0797. The van der Waals surface area contributed by atoms with Crippen molar-refractivity contribution in [2.45, 2.75) is 13.3 Å². The van der Waals surface area contributed by atoms with Crippen LogP contribution in [-0.4, -0.2) is 43.0 Å². The van der Waals surface area contributed by atoms with Crippen LogP contribution in [0.3, 0.4) is 0 Å². The first kappa shape index (κ1) is 12.1. The molecule has 0 saturated carbocycles. The summed E-state index contributed by atoms with van der Waals surface area (Å²) in [5.41, 5.74) is 2.54. The molecule has 0 fully saturated rings. The van der Waals surface area contributed by atoms with Gasteiger partial charge in [-0.2, -0.15) is 0 Å². The van der Waals surface area contributed by atoms with Crippen molar-refractivity contribution in [3.63, 3.8) is 0 Å². The molecule has 5 heteroatoms. The number of carbonyl (C=O) groups is 1. The number of aromatic nitrogens is 1. The van der Waals surface area contributed by atoms with E-state index in [2.05, 4.69) is 10.3 Å². The lowest BCUT2D eigenvalue weighted by Gasteiger charge is -2.16. The Bertz CT molecular complexity index is 324. The zero-order chi connectivity index (χ0) is 11.3. The second-order valence-corrected chi connectivity index (χ2v) is 4.31. The summed E-state index contributed by atoms with van der Waals surface area (Å²) in [6, 6.07) is 0. The summed E-state index contributed by atoms with van der Waals surface area (Å²) in [5, 5.41) is 3.06. The zero-order valence-electron chi connectivity index (χ0n) is 9.41. The molecule has 0 unspecified atom stereocenters. The van der Waals surface area contributed by atoms with Crippen molar-refractivity contribution in [2.75, 3.05) is 27.2 Å². The molecular weight excluding hydrogens is 210 g/mol. The fraction of sp³-hybridized carbons (Fsp3) is 0.600. The highest BCUT2D eigenvalue weighted by Gasteiger charge is 2.15. The molecule has 84 valence electrons. The van der Waals surface area contributed by atoms with Gasteiger partial charge >= 0.3 is 0 Å². The summed E-state index contributed by atoms with van der Waals surface area (Å²) in [4.78, 5) is 18.5. The Hall–Kier alpha value is -0.940. The first-order valence-electron chi connectivity index (χ1n) is 4.97.